The van der Waals surface area contributed by atoms with Gasteiger partial charge in [0.2, 0.25) is 0 Å². The van der Waals surface area contributed by atoms with Crippen molar-refractivity contribution in [2.75, 3.05) is 24.4 Å². The number of anilines is 2. The van der Waals surface area contributed by atoms with Gasteiger partial charge in [-0.3, -0.25) is 14.9 Å². The van der Waals surface area contributed by atoms with Crippen LogP contribution in [0.5, 0.6) is 11.5 Å². The topological polar surface area (TPSA) is 103 Å². The van der Waals surface area contributed by atoms with E-state index in [1.807, 2.05) is 25.1 Å². The lowest BCUT2D eigenvalue weighted by Gasteiger charge is -2.15. The average Bonchev–Trinajstić information content (AvgIpc) is 2.79. The van der Waals surface area contributed by atoms with Crippen molar-refractivity contribution in [3.05, 3.63) is 84.4 Å². The van der Waals surface area contributed by atoms with E-state index in [1.165, 1.54) is 19.2 Å². The third kappa shape index (κ3) is 6.72. The summed E-state index contributed by atoms with van der Waals surface area (Å²) in [6.45, 7) is 2.16. The molecule has 3 rings (SSSR count). The summed E-state index contributed by atoms with van der Waals surface area (Å²) >= 11 is 8.22. The first-order valence-corrected chi connectivity index (χ1v) is 11.3. The highest BCUT2D eigenvalue weighted by Gasteiger charge is 2.14. The predicted molar refractivity (Wildman–Crippen MR) is 136 cm³/mol. The number of nitrogens with zero attached hydrogens (tertiary/aromatic N) is 1. The van der Waals surface area contributed by atoms with Crippen molar-refractivity contribution in [3.8, 4) is 11.5 Å². The molecule has 1 amide bonds. The highest BCUT2D eigenvalue weighted by Crippen LogP contribution is 2.34. The zero-order chi connectivity index (χ0) is 24.0. The first kappa shape index (κ1) is 24.6. The quantitative estimate of drug-likeness (QED) is 0.188. The van der Waals surface area contributed by atoms with Crippen LogP contribution < -0.4 is 20.1 Å². The van der Waals surface area contributed by atoms with E-state index in [4.69, 9.17) is 21.1 Å². The van der Waals surface area contributed by atoms with Crippen LogP contribution >= 0.6 is 34.2 Å². The Kier molecular flexibility index (Phi) is 8.34. The molecule has 0 aliphatic heterocycles. The summed E-state index contributed by atoms with van der Waals surface area (Å²) < 4.78 is 12.0. The molecular formula is C23H21ClIN3O5. The van der Waals surface area contributed by atoms with Crippen molar-refractivity contribution in [1.82, 2.24) is 0 Å². The minimum absolute atomic E-state index is 0.0350. The summed E-state index contributed by atoms with van der Waals surface area (Å²) in [6, 6.07) is 15.2. The number of nitro groups is 1. The third-order valence-electron chi connectivity index (χ3n) is 4.67. The zero-order valence-corrected chi connectivity index (χ0v) is 20.8. The number of nitro benzene ring substituents is 1. The van der Waals surface area contributed by atoms with Crippen molar-refractivity contribution in [2.24, 2.45) is 0 Å². The second-order valence-corrected chi connectivity index (χ2v) is 8.64. The summed E-state index contributed by atoms with van der Waals surface area (Å²) in [7, 11) is 1.53. The summed E-state index contributed by atoms with van der Waals surface area (Å²) in [4.78, 5) is 22.6. The van der Waals surface area contributed by atoms with Crippen molar-refractivity contribution >= 4 is 57.2 Å². The molecule has 0 fully saturated rings. The van der Waals surface area contributed by atoms with Crippen LogP contribution in [0.3, 0.4) is 0 Å². The largest absolute Gasteiger partial charge is 0.493 e. The van der Waals surface area contributed by atoms with Crippen LogP contribution in [0.1, 0.15) is 11.1 Å². The molecule has 33 heavy (non-hydrogen) atoms. The van der Waals surface area contributed by atoms with Crippen LogP contribution in [0.2, 0.25) is 5.02 Å². The van der Waals surface area contributed by atoms with Crippen molar-refractivity contribution in [2.45, 2.75) is 13.5 Å². The van der Waals surface area contributed by atoms with Crippen LogP contribution in [0.25, 0.3) is 0 Å². The van der Waals surface area contributed by atoms with E-state index in [-0.39, 0.29) is 18.2 Å². The maximum Gasteiger partial charge on any atom is 0.269 e. The standard InChI is InChI=1S/C23H21ClIN3O5/c1-14-3-4-17(11-19(14)24)27-22(29)13-33-23-20(25)9-15(10-21(23)32-2)12-26-16-5-7-18(8-6-16)28(30)31/h3-11,26H,12-13H2,1-2H3,(H,27,29). The van der Waals surface area contributed by atoms with Gasteiger partial charge in [0.25, 0.3) is 11.6 Å². The summed E-state index contributed by atoms with van der Waals surface area (Å²) in [6.07, 6.45) is 0. The predicted octanol–water partition coefficient (Wildman–Crippen LogP) is 5.80. The Balaban J connectivity index is 1.62. The van der Waals surface area contributed by atoms with Gasteiger partial charge in [0.15, 0.2) is 18.1 Å². The van der Waals surface area contributed by atoms with Gasteiger partial charge in [-0.25, -0.2) is 0 Å². The number of rotatable bonds is 9. The van der Waals surface area contributed by atoms with Crippen LogP contribution in [0, 0.1) is 20.6 Å². The number of hydrogen-bond donors (Lipinski definition) is 2. The number of aryl methyl sites for hydroxylation is 1. The second kappa shape index (κ2) is 11.2. The average molecular weight is 582 g/mol. The lowest BCUT2D eigenvalue weighted by Crippen LogP contribution is -2.20. The monoisotopic (exact) mass is 581 g/mol. The van der Waals surface area contributed by atoms with Crippen molar-refractivity contribution in [1.29, 1.82) is 0 Å². The first-order valence-electron chi connectivity index (χ1n) is 9.80. The number of amides is 1. The van der Waals surface area contributed by atoms with E-state index in [0.29, 0.717) is 28.8 Å². The van der Waals surface area contributed by atoms with Gasteiger partial charge in [-0.15, -0.1) is 0 Å². The smallest absolute Gasteiger partial charge is 0.269 e. The molecule has 0 saturated carbocycles. The fourth-order valence-electron chi connectivity index (χ4n) is 2.93. The number of carbonyl (C=O) groups excluding carboxylic acids is 1. The fraction of sp³-hybridized carbons (Fsp3) is 0.174. The maximum atomic E-state index is 12.3. The number of benzene rings is 3. The summed E-state index contributed by atoms with van der Waals surface area (Å²) in [5, 5.41) is 17.3. The second-order valence-electron chi connectivity index (χ2n) is 7.07. The minimum Gasteiger partial charge on any atom is -0.493 e. The Bertz CT molecular complexity index is 1170. The van der Waals surface area contributed by atoms with E-state index in [0.717, 1.165) is 20.4 Å². The Morgan fingerprint density at radius 3 is 2.45 bits per heavy atom. The molecule has 8 nitrogen and oxygen atoms in total. The van der Waals surface area contributed by atoms with Crippen molar-refractivity contribution in [3.63, 3.8) is 0 Å². The number of methoxy groups -OCH3 is 1. The van der Waals surface area contributed by atoms with Crippen LogP contribution in [0.15, 0.2) is 54.6 Å². The number of halogens is 2. The van der Waals surface area contributed by atoms with Crippen LogP contribution in [-0.4, -0.2) is 24.5 Å². The summed E-state index contributed by atoms with van der Waals surface area (Å²) in [5.41, 5.74) is 3.22. The lowest BCUT2D eigenvalue weighted by molar-refractivity contribution is -0.384. The van der Waals surface area contributed by atoms with Gasteiger partial charge >= 0.3 is 0 Å². The number of ether oxygens (including phenoxy) is 2. The lowest BCUT2D eigenvalue weighted by atomic mass is 10.2. The Hall–Kier alpha value is -3.05. The molecule has 0 atom stereocenters. The van der Waals surface area contributed by atoms with Gasteiger partial charge in [0.1, 0.15) is 0 Å². The molecular weight excluding hydrogens is 561 g/mol. The molecule has 3 aromatic carbocycles. The normalized spacial score (nSPS) is 10.4. The SMILES string of the molecule is COc1cc(CNc2ccc([N+](=O)[O-])cc2)cc(I)c1OCC(=O)Nc1ccc(C)c(Cl)c1. The minimum atomic E-state index is -0.439. The number of non-ortho nitro benzene ring substituents is 1. The highest BCUT2D eigenvalue weighted by molar-refractivity contribution is 14.1. The Labute approximate surface area is 209 Å². The summed E-state index contributed by atoms with van der Waals surface area (Å²) in [5.74, 6) is 0.638. The zero-order valence-electron chi connectivity index (χ0n) is 17.9. The van der Waals surface area contributed by atoms with E-state index in [9.17, 15) is 14.9 Å². The van der Waals surface area contributed by atoms with Gasteiger partial charge in [0, 0.05) is 35.1 Å². The molecule has 10 heteroatoms. The highest BCUT2D eigenvalue weighted by atomic mass is 127. The van der Waals surface area contributed by atoms with Gasteiger partial charge in [-0.1, -0.05) is 17.7 Å². The molecule has 0 saturated heterocycles. The first-order chi connectivity index (χ1) is 15.8. The molecule has 0 aliphatic carbocycles. The number of carbonyl (C=O) groups is 1. The molecule has 172 valence electrons. The van der Waals surface area contributed by atoms with Gasteiger partial charge in [0.05, 0.1) is 15.6 Å². The van der Waals surface area contributed by atoms with E-state index < -0.39 is 4.92 Å². The van der Waals surface area contributed by atoms with Gasteiger partial charge < -0.3 is 20.1 Å². The molecule has 0 bridgehead atoms. The molecule has 3 aromatic rings. The van der Waals surface area contributed by atoms with E-state index in [1.54, 1.807) is 24.3 Å². The molecule has 0 radical (unpaired) electrons. The number of hydrogen-bond acceptors (Lipinski definition) is 6. The van der Waals surface area contributed by atoms with Crippen LogP contribution in [-0.2, 0) is 11.3 Å². The molecule has 0 unspecified atom stereocenters. The van der Waals surface area contributed by atoms with E-state index in [2.05, 4.69) is 33.2 Å². The molecule has 2 N–H and O–H groups in total. The van der Waals surface area contributed by atoms with Gasteiger partial charge in [-0.2, -0.15) is 0 Å². The molecule has 0 spiro atoms. The number of nitrogens with one attached hydrogen (secondary N) is 2. The van der Waals surface area contributed by atoms with Crippen LogP contribution in [0.4, 0.5) is 17.1 Å². The van der Waals surface area contributed by atoms with E-state index >= 15 is 0 Å². The maximum absolute atomic E-state index is 12.3. The molecule has 0 aromatic heterocycles. The van der Waals surface area contributed by atoms with Crippen molar-refractivity contribution < 1.29 is 19.2 Å². The fourth-order valence-corrected chi connectivity index (χ4v) is 3.93. The Morgan fingerprint density at radius 1 is 1.12 bits per heavy atom. The molecule has 0 heterocycles. The third-order valence-corrected chi connectivity index (χ3v) is 5.88. The Morgan fingerprint density at radius 2 is 1.82 bits per heavy atom. The molecule has 0 aliphatic rings. The van der Waals surface area contributed by atoms with Gasteiger partial charge in [-0.05, 0) is 77.0 Å².